The number of thioether (sulfide) groups is 1. The molecule has 9 heteroatoms. The highest BCUT2D eigenvalue weighted by atomic mass is 32.2. The van der Waals surface area contributed by atoms with Gasteiger partial charge in [0.1, 0.15) is 4.83 Å². The number of imide groups is 1. The summed E-state index contributed by atoms with van der Waals surface area (Å²) in [6.07, 6.45) is 1.81. The van der Waals surface area contributed by atoms with Crippen LogP contribution in [0, 0.1) is 0 Å². The Kier molecular flexibility index (Phi) is 6.83. The number of rotatable bonds is 7. The molecule has 0 unspecified atom stereocenters. The highest BCUT2D eigenvalue weighted by Gasteiger charge is 2.14. The highest BCUT2D eigenvalue weighted by molar-refractivity contribution is 7.99. The first-order valence-corrected chi connectivity index (χ1v) is 10.7. The lowest BCUT2D eigenvalue weighted by molar-refractivity contribution is -0.117. The van der Waals surface area contributed by atoms with Gasteiger partial charge in [0.05, 0.1) is 11.1 Å². The van der Waals surface area contributed by atoms with E-state index in [-0.39, 0.29) is 11.3 Å². The van der Waals surface area contributed by atoms with Crippen LogP contribution in [0.2, 0.25) is 0 Å². The standard InChI is InChI=1S/C19H20N4O3S2/c1-2-3-9-20-18(26)21-14(24)11-28-19-22-16(25)15-13(10-27-17(15)23-19)12-7-5-4-6-8-12/h4-8,10H,2-3,9,11H2,1H3,(H,22,23,25)(H2,20,21,24,26). The zero-order chi connectivity index (χ0) is 19.9. The van der Waals surface area contributed by atoms with E-state index in [1.807, 2.05) is 42.6 Å². The lowest BCUT2D eigenvalue weighted by atomic mass is 10.1. The van der Waals surface area contributed by atoms with E-state index >= 15 is 0 Å². The van der Waals surface area contributed by atoms with Gasteiger partial charge in [0.15, 0.2) is 5.16 Å². The van der Waals surface area contributed by atoms with E-state index in [2.05, 4.69) is 20.6 Å². The van der Waals surface area contributed by atoms with Crippen molar-refractivity contribution in [1.29, 1.82) is 0 Å². The summed E-state index contributed by atoms with van der Waals surface area (Å²) >= 11 is 2.46. The minimum atomic E-state index is -0.512. The van der Waals surface area contributed by atoms with Gasteiger partial charge >= 0.3 is 6.03 Å². The van der Waals surface area contributed by atoms with E-state index in [0.29, 0.717) is 21.9 Å². The average Bonchev–Trinajstić information content (AvgIpc) is 3.12. The van der Waals surface area contributed by atoms with Crippen LogP contribution in [0.1, 0.15) is 19.8 Å². The normalized spacial score (nSPS) is 10.8. The van der Waals surface area contributed by atoms with E-state index in [9.17, 15) is 14.4 Å². The lowest BCUT2D eigenvalue weighted by Crippen LogP contribution is -2.40. The molecule has 0 fully saturated rings. The van der Waals surface area contributed by atoms with Crippen molar-refractivity contribution in [2.24, 2.45) is 0 Å². The number of carbonyl (C=O) groups is 2. The molecule has 0 spiro atoms. The second-order valence-corrected chi connectivity index (χ2v) is 7.84. The molecule has 0 radical (unpaired) electrons. The molecule has 3 aromatic rings. The number of hydrogen-bond acceptors (Lipinski definition) is 6. The molecule has 0 aliphatic rings. The van der Waals surface area contributed by atoms with Crippen LogP contribution in [-0.4, -0.2) is 34.2 Å². The van der Waals surface area contributed by atoms with E-state index in [0.717, 1.165) is 35.7 Å². The Balaban J connectivity index is 1.66. The number of carbonyl (C=O) groups excluding carboxylic acids is 2. The van der Waals surface area contributed by atoms with Gasteiger partial charge in [-0.05, 0) is 12.0 Å². The van der Waals surface area contributed by atoms with Crippen LogP contribution >= 0.6 is 23.1 Å². The van der Waals surface area contributed by atoms with Gasteiger partial charge in [-0.2, -0.15) is 0 Å². The Bertz CT molecular complexity index is 1030. The summed E-state index contributed by atoms with van der Waals surface area (Å²) < 4.78 is 0. The maximum absolute atomic E-state index is 12.6. The molecule has 1 aromatic carbocycles. The van der Waals surface area contributed by atoms with Crippen molar-refractivity contribution in [3.05, 3.63) is 46.1 Å². The van der Waals surface area contributed by atoms with Gasteiger partial charge < -0.3 is 10.3 Å². The predicted octanol–water partition coefficient (Wildman–Crippen LogP) is 3.37. The molecule has 3 rings (SSSR count). The summed E-state index contributed by atoms with van der Waals surface area (Å²) in [7, 11) is 0. The number of fused-ring (bicyclic) bond motifs is 1. The van der Waals surface area contributed by atoms with E-state index in [4.69, 9.17) is 0 Å². The number of H-pyrrole nitrogens is 1. The van der Waals surface area contributed by atoms with Crippen molar-refractivity contribution in [3.8, 4) is 11.1 Å². The molecule has 0 saturated carbocycles. The summed E-state index contributed by atoms with van der Waals surface area (Å²) in [5.74, 6) is -0.468. The maximum atomic E-state index is 12.6. The largest absolute Gasteiger partial charge is 0.338 e. The zero-order valence-corrected chi connectivity index (χ0v) is 16.9. The summed E-state index contributed by atoms with van der Waals surface area (Å²) in [6.45, 7) is 2.54. The number of hydrogen-bond donors (Lipinski definition) is 3. The first-order chi connectivity index (χ1) is 13.6. The average molecular weight is 417 g/mol. The molecule has 2 heterocycles. The Morgan fingerprint density at radius 1 is 1.25 bits per heavy atom. The molecular weight excluding hydrogens is 396 g/mol. The maximum Gasteiger partial charge on any atom is 0.321 e. The second-order valence-electron chi connectivity index (χ2n) is 6.01. The third-order valence-electron chi connectivity index (χ3n) is 3.92. The Morgan fingerprint density at radius 2 is 2.04 bits per heavy atom. The van der Waals surface area contributed by atoms with Crippen molar-refractivity contribution in [3.63, 3.8) is 0 Å². The van der Waals surface area contributed by atoms with E-state index < -0.39 is 11.9 Å². The van der Waals surface area contributed by atoms with Gasteiger partial charge in [-0.1, -0.05) is 55.4 Å². The lowest BCUT2D eigenvalue weighted by Gasteiger charge is -2.06. The molecule has 3 amide bonds. The van der Waals surface area contributed by atoms with Crippen LogP contribution in [-0.2, 0) is 4.79 Å². The minimum Gasteiger partial charge on any atom is -0.338 e. The molecule has 0 atom stereocenters. The van der Waals surface area contributed by atoms with Crippen LogP contribution in [0.5, 0.6) is 0 Å². The third kappa shape index (κ3) is 4.99. The fourth-order valence-electron chi connectivity index (χ4n) is 2.55. The highest BCUT2D eigenvalue weighted by Crippen LogP contribution is 2.31. The number of thiophene rings is 1. The number of nitrogens with one attached hydrogen (secondary N) is 3. The second kappa shape index (κ2) is 9.52. The summed E-state index contributed by atoms with van der Waals surface area (Å²) in [6, 6.07) is 9.13. The molecule has 146 valence electrons. The Morgan fingerprint density at radius 3 is 2.79 bits per heavy atom. The zero-order valence-electron chi connectivity index (χ0n) is 15.3. The summed E-state index contributed by atoms with van der Waals surface area (Å²) in [4.78, 5) is 43.8. The Labute approximate surface area is 170 Å². The monoisotopic (exact) mass is 416 g/mol. The topological polar surface area (TPSA) is 104 Å². The van der Waals surface area contributed by atoms with Crippen LogP contribution < -0.4 is 16.2 Å². The van der Waals surface area contributed by atoms with Gasteiger partial charge in [0.2, 0.25) is 5.91 Å². The van der Waals surface area contributed by atoms with Gasteiger partial charge in [-0.15, -0.1) is 11.3 Å². The van der Waals surface area contributed by atoms with Gasteiger partial charge in [-0.25, -0.2) is 9.78 Å². The number of nitrogens with zero attached hydrogens (tertiary/aromatic N) is 1. The number of benzene rings is 1. The van der Waals surface area contributed by atoms with Gasteiger partial charge in [0, 0.05) is 17.5 Å². The van der Waals surface area contributed by atoms with Crippen LogP contribution in [0.15, 0.2) is 45.7 Å². The number of aromatic nitrogens is 2. The summed E-state index contributed by atoms with van der Waals surface area (Å²) in [5, 5.41) is 7.67. The van der Waals surface area contributed by atoms with Crippen molar-refractivity contribution in [1.82, 2.24) is 20.6 Å². The molecule has 0 bridgehead atoms. The first kappa shape index (κ1) is 20.1. The Hall–Kier alpha value is -2.65. The molecule has 0 aliphatic heterocycles. The van der Waals surface area contributed by atoms with Gasteiger partial charge in [-0.3, -0.25) is 14.9 Å². The SMILES string of the molecule is CCCCNC(=O)NC(=O)CSc1nc2scc(-c3ccccc3)c2c(=O)[nH]1. The molecule has 3 N–H and O–H groups in total. The molecular formula is C19H20N4O3S2. The van der Waals surface area contributed by atoms with Crippen molar-refractivity contribution < 1.29 is 9.59 Å². The number of amides is 3. The first-order valence-electron chi connectivity index (χ1n) is 8.86. The van der Waals surface area contributed by atoms with E-state index in [1.54, 1.807) is 0 Å². The summed E-state index contributed by atoms with van der Waals surface area (Å²) in [5.41, 5.74) is 1.55. The third-order valence-corrected chi connectivity index (χ3v) is 5.66. The molecule has 0 aliphatic carbocycles. The van der Waals surface area contributed by atoms with Crippen LogP contribution in [0.4, 0.5) is 4.79 Å². The number of unbranched alkanes of at least 4 members (excludes halogenated alkanes) is 1. The van der Waals surface area contributed by atoms with Gasteiger partial charge in [0.25, 0.3) is 5.56 Å². The van der Waals surface area contributed by atoms with Crippen LogP contribution in [0.3, 0.4) is 0 Å². The fourth-order valence-corrected chi connectivity index (χ4v) is 4.21. The smallest absolute Gasteiger partial charge is 0.321 e. The van der Waals surface area contributed by atoms with Crippen molar-refractivity contribution in [2.45, 2.75) is 24.9 Å². The molecule has 7 nitrogen and oxygen atoms in total. The molecule has 2 aromatic heterocycles. The fraction of sp³-hybridized carbons (Fsp3) is 0.263. The van der Waals surface area contributed by atoms with Crippen molar-refractivity contribution in [2.75, 3.05) is 12.3 Å². The quantitative estimate of drug-likeness (QED) is 0.311. The molecule has 28 heavy (non-hydrogen) atoms. The number of urea groups is 1. The minimum absolute atomic E-state index is 0.0213. The van der Waals surface area contributed by atoms with Crippen molar-refractivity contribution >= 4 is 45.3 Å². The van der Waals surface area contributed by atoms with E-state index in [1.165, 1.54) is 11.3 Å². The molecule has 0 saturated heterocycles. The number of aromatic amines is 1. The van der Waals surface area contributed by atoms with Crippen LogP contribution in [0.25, 0.3) is 21.3 Å². The predicted molar refractivity (Wildman–Crippen MR) is 113 cm³/mol.